The molecule has 31 heavy (non-hydrogen) atoms. The molecule has 162 valence electrons. The third-order valence-electron chi connectivity index (χ3n) is 5.55. The maximum atomic E-state index is 12.9. The molecule has 0 fully saturated rings. The Morgan fingerprint density at radius 1 is 1.16 bits per heavy atom. The smallest absolute Gasteiger partial charge is 0.244 e. The van der Waals surface area contributed by atoms with Crippen molar-refractivity contribution in [2.24, 2.45) is 0 Å². The topological polar surface area (TPSA) is 79.4 Å². The van der Waals surface area contributed by atoms with E-state index in [9.17, 15) is 13.2 Å². The Bertz CT molecular complexity index is 1150. The van der Waals surface area contributed by atoms with Crippen LogP contribution in [0, 0.1) is 0 Å². The summed E-state index contributed by atoms with van der Waals surface area (Å²) in [5.74, 6) is -0.355. The van der Waals surface area contributed by atoms with Gasteiger partial charge in [-0.25, -0.2) is 8.42 Å². The molecule has 2 aromatic heterocycles. The highest BCUT2D eigenvalue weighted by Crippen LogP contribution is 2.30. The molecule has 0 radical (unpaired) electrons. The van der Waals surface area contributed by atoms with Gasteiger partial charge in [0, 0.05) is 24.3 Å². The third-order valence-corrected chi connectivity index (χ3v) is 8.27. The van der Waals surface area contributed by atoms with E-state index in [1.54, 1.807) is 17.4 Å². The van der Waals surface area contributed by atoms with Crippen molar-refractivity contribution in [2.75, 3.05) is 13.6 Å². The SMILES string of the molecule is CN(CC(=O)NC(c1ccc2c(c1)CCCC2)c1cccs1)S(=O)(=O)c1cccnc1. The molecule has 6 nitrogen and oxygen atoms in total. The predicted molar refractivity (Wildman–Crippen MR) is 121 cm³/mol. The van der Waals surface area contributed by atoms with Crippen molar-refractivity contribution in [1.29, 1.82) is 0 Å². The number of carbonyl (C=O) groups is 1. The lowest BCUT2D eigenvalue weighted by molar-refractivity contribution is -0.121. The van der Waals surface area contributed by atoms with Crippen LogP contribution in [-0.2, 0) is 27.7 Å². The van der Waals surface area contributed by atoms with Crippen LogP contribution in [0.2, 0.25) is 0 Å². The van der Waals surface area contributed by atoms with Crippen molar-refractivity contribution >= 4 is 27.3 Å². The molecule has 1 amide bonds. The minimum atomic E-state index is -3.79. The summed E-state index contributed by atoms with van der Waals surface area (Å²) in [5.41, 5.74) is 3.75. The summed E-state index contributed by atoms with van der Waals surface area (Å²) in [4.78, 5) is 17.8. The number of amides is 1. The van der Waals surface area contributed by atoms with Gasteiger partial charge in [0.15, 0.2) is 0 Å². The van der Waals surface area contributed by atoms with Gasteiger partial charge in [-0.15, -0.1) is 11.3 Å². The molecule has 0 bridgehead atoms. The van der Waals surface area contributed by atoms with Crippen LogP contribution in [0.3, 0.4) is 0 Å². The van der Waals surface area contributed by atoms with Gasteiger partial charge in [-0.2, -0.15) is 4.31 Å². The second-order valence-corrected chi connectivity index (χ2v) is 10.7. The van der Waals surface area contributed by atoms with Crippen molar-refractivity contribution in [1.82, 2.24) is 14.6 Å². The monoisotopic (exact) mass is 455 g/mol. The van der Waals surface area contributed by atoms with Crippen LogP contribution in [0.5, 0.6) is 0 Å². The number of nitrogens with one attached hydrogen (secondary N) is 1. The zero-order valence-electron chi connectivity index (χ0n) is 17.3. The Morgan fingerprint density at radius 3 is 2.68 bits per heavy atom. The van der Waals surface area contributed by atoms with Crippen molar-refractivity contribution < 1.29 is 13.2 Å². The molecule has 1 aliphatic rings. The number of sulfonamides is 1. The number of pyridine rings is 1. The van der Waals surface area contributed by atoms with Gasteiger partial charge < -0.3 is 5.32 Å². The van der Waals surface area contributed by atoms with Crippen molar-refractivity contribution in [2.45, 2.75) is 36.6 Å². The van der Waals surface area contributed by atoms with E-state index in [-0.39, 0.29) is 23.4 Å². The number of hydrogen-bond donors (Lipinski definition) is 1. The number of rotatable bonds is 7. The molecule has 1 unspecified atom stereocenters. The largest absolute Gasteiger partial charge is 0.343 e. The predicted octanol–water partition coefficient (Wildman–Crippen LogP) is 3.55. The van der Waals surface area contributed by atoms with Gasteiger partial charge in [-0.3, -0.25) is 9.78 Å². The van der Waals surface area contributed by atoms with E-state index in [0.29, 0.717) is 0 Å². The zero-order chi connectivity index (χ0) is 21.8. The Morgan fingerprint density at radius 2 is 1.97 bits per heavy atom. The molecule has 8 heteroatoms. The molecule has 3 aromatic rings. The van der Waals surface area contributed by atoms with Gasteiger partial charge in [0.2, 0.25) is 15.9 Å². The van der Waals surface area contributed by atoms with E-state index >= 15 is 0 Å². The van der Waals surface area contributed by atoms with Gasteiger partial charge in [0.05, 0.1) is 12.6 Å². The van der Waals surface area contributed by atoms with Crippen molar-refractivity contribution in [3.05, 3.63) is 81.8 Å². The fourth-order valence-corrected chi connectivity index (χ4v) is 5.77. The quantitative estimate of drug-likeness (QED) is 0.591. The average molecular weight is 456 g/mol. The molecule has 2 heterocycles. The minimum Gasteiger partial charge on any atom is -0.343 e. The van der Waals surface area contributed by atoms with E-state index < -0.39 is 10.0 Å². The van der Waals surface area contributed by atoms with E-state index in [4.69, 9.17) is 0 Å². The number of thiophene rings is 1. The lowest BCUT2D eigenvalue weighted by atomic mass is 9.89. The number of aryl methyl sites for hydroxylation is 2. The number of nitrogens with zero attached hydrogens (tertiary/aromatic N) is 2. The fourth-order valence-electron chi connectivity index (χ4n) is 3.88. The number of carbonyl (C=O) groups excluding carboxylic acids is 1. The molecule has 1 atom stereocenters. The van der Waals surface area contributed by atoms with Crippen LogP contribution in [0.1, 0.15) is 40.5 Å². The van der Waals surface area contributed by atoms with Crippen LogP contribution in [-0.4, -0.2) is 37.2 Å². The van der Waals surface area contributed by atoms with Crippen LogP contribution < -0.4 is 5.32 Å². The molecule has 1 aliphatic carbocycles. The summed E-state index contributed by atoms with van der Waals surface area (Å²) in [6.45, 7) is -0.274. The van der Waals surface area contributed by atoms with Crippen molar-refractivity contribution in [3.8, 4) is 0 Å². The van der Waals surface area contributed by atoms with E-state index in [1.807, 2.05) is 17.5 Å². The second kappa shape index (κ2) is 9.30. The molecule has 1 N–H and O–H groups in total. The van der Waals surface area contributed by atoms with E-state index in [0.717, 1.165) is 27.6 Å². The molecule has 0 saturated heterocycles. The molecule has 1 aromatic carbocycles. The number of likely N-dealkylation sites (N-methyl/N-ethyl adjacent to an activating group) is 1. The first kappa shape index (κ1) is 21.7. The zero-order valence-corrected chi connectivity index (χ0v) is 19.0. The normalized spacial score (nSPS) is 14.8. The van der Waals surface area contributed by atoms with E-state index in [1.165, 1.54) is 49.5 Å². The Kier molecular flexibility index (Phi) is 6.50. The highest BCUT2D eigenvalue weighted by Gasteiger charge is 2.25. The molecule has 0 spiro atoms. The number of hydrogen-bond acceptors (Lipinski definition) is 5. The highest BCUT2D eigenvalue weighted by molar-refractivity contribution is 7.89. The second-order valence-electron chi connectivity index (χ2n) is 7.70. The summed E-state index contributed by atoms with van der Waals surface area (Å²) in [6, 6.07) is 13.1. The molecule has 4 rings (SSSR count). The molecular formula is C23H25N3O3S2. The highest BCUT2D eigenvalue weighted by atomic mass is 32.2. The summed E-state index contributed by atoms with van der Waals surface area (Å²) in [7, 11) is -2.38. The van der Waals surface area contributed by atoms with Crippen LogP contribution >= 0.6 is 11.3 Å². The van der Waals surface area contributed by atoms with Gasteiger partial charge in [-0.05, 0) is 66.0 Å². The average Bonchev–Trinajstić information content (AvgIpc) is 3.32. The Labute approximate surface area is 187 Å². The first-order valence-electron chi connectivity index (χ1n) is 10.3. The summed E-state index contributed by atoms with van der Waals surface area (Å²) in [5, 5.41) is 5.02. The van der Waals surface area contributed by atoms with Crippen LogP contribution in [0.15, 0.2) is 65.1 Å². The summed E-state index contributed by atoms with van der Waals surface area (Å²) in [6.07, 6.45) is 7.35. The third kappa shape index (κ3) is 4.87. The maximum absolute atomic E-state index is 12.9. The maximum Gasteiger partial charge on any atom is 0.244 e. The first-order chi connectivity index (χ1) is 14.9. The van der Waals surface area contributed by atoms with Gasteiger partial charge in [0.25, 0.3) is 0 Å². The molecule has 0 saturated carbocycles. The lowest BCUT2D eigenvalue weighted by Gasteiger charge is -2.23. The summed E-state index contributed by atoms with van der Waals surface area (Å²) >= 11 is 1.57. The summed E-state index contributed by atoms with van der Waals surface area (Å²) < 4.78 is 26.5. The number of benzene rings is 1. The lowest BCUT2D eigenvalue weighted by Crippen LogP contribution is -2.40. The first-order valence-corrected chi connectivity index (χ1v) is 12.6. The Hall–Kier alpha value is -2.55. The fraction of sp³-hybridized carbons (Fsp3) is 0.304. The minimum absolute atomic E-state index is 0.0646. The van der Waals surface area contributed by atoms with Crippen molar-refractivity contribution in [3.63, 3.8) is 0 Å². The molecule has 0 aliphatic heterocycles. The van der Waals surface area contributed by atoms with Crippen LogP contribution in [0.4, 0.5) is 0 Å². The van der Waals surface area contributed by atoms with Gasteiger partial charge >= 0.3 is 0 Å². The molecular weight excluding hydrogens is 430 g/mol. The number of aromatic nitrogens is 1. The van der Waals surface area contributed by atoms with Crippen LogP contribution in [0.25, 0.3) is 0 Å². The number of fused-ring (bicyclic) bond motifs is 1. The Balaban J connectivity index is 1.53. The standard InChI is InChI=1S/C23H25N3O3S2/c1-26(31(28,29)20-8-4-12-24-15-20)16-22(27)25-23(21-9-5-13-30-21)19-11-10-17-6-2-3-7-18(17)14-19/h4-5,8-15,23H,2-3,6-7,16H2,1H3,(H,25,27). The van der Waals surface area contributed by atoms with Gasteiger partial charge in [0.1, 0.15) is 4.90 Å². The van der Waals surface area contributed by atoms with Gasteiger partial charge in [-0.1, -0.05) is 24.3 Å². The van der Waals surface area contributed by atoms with E-state index in [2.05, 4.69) is 28.5 Å².